The van der Waals surface area contributed by atoms with Gasteiger partial charge in [-0.05, 0) is 68.8 Å². The molecule has 0 saturated carbocycles. The molecule has 0 spiro atoms. The summed E-state index contributed by atoms with van der Waals surface area (Å²) in [6.07, 6.45) is 0. The molecule has 1 aliphatic rings. The van der Waals surface area contributed by atoms with Crippen molar-refractivity contribution in [3.63, 3.8) is 0 Å². The first-order valence-electron chi connectivity index (χ1n) is 9.18. The van der Waals surface area contributed by atoms with Crippen LogP contribution in [0.3, 0.4) is 0 Å². The number of esters is 1. The third-order valence-electron chi connectivity index (χ3n) is 4.83. The molecule has 9 nitrogen and oxygen atoms in total. The standard InChI is InChI=1S/C20H22N2O7S2/c1-13-11-16(22-19(24)20(2,3)12-30(22,25)26)9-10-17(13)31(27,28)21-15-7-5-14(6-8-15)18(23)29-4/h5-11,21H,12H2,1-4H3. The summed E-state index contributed by atoms with van der Waals surface area (Å²) in [6.45, 7) is 4.61. The van der Waals surface area contributed by atoms with Crippen LogP contribution in [0.2, 0.25) is 0 Å². The van der Waals surface area contributed by atoms with Crippen LogP contribution < -0.4 is 9.03 Å². The molecule has 1 amide bonds. The van der Waals surface area contributed by atoms with Gasteiger partial charge in [0.25, 0.3) is 10.0 Å². The van der Waals surface area contributed by atoms with Crippen LogP contribution in [-0.2, 0) is 29.6 Å². The Morgan fingerprint density at radius 2 is 1.74 bits per heavy atom. The van der Waals surface area contributed by atoms with Crippen LogP contribution in [-0.4, -0.2) is 41.6 Å². The number of hydrogen-bond acceptors (Lipinski definition) is 7. The average molecular weight is 467 g/mol. The van der Waals surface area contributed by atoms with E-state index in [-0.39, 0.29) is 33.2 Å². The highest BCUT2D eigenvalue weighted by Crippen LogP contribution is 2.36. The van der Waals surface area contributed by atoms with E-state index in [0.29, 0.717) is 0 Å². The van der Waals surface area contributed by atoms with Gasteiger partial charge >= 0.3 is 5.97 Å². The summed E-state index contributed by atoms with van der Waals surface area (Å²) < 4.78 is 58.3. The van der Waals surface area contributed by atoms with Crippen molar-refractivity contribution in [1.29, 1.82) is 0 Å². The van der Waals surface area contributed by atoms with E-state index < -0.39 is 37.3 Å². The second kappa shape index (κ2) is 7.65. The van der Waals surface area contributed by atoms with Crippen LogP contribution >= 0.6 is 0 Å². The number of hydrogen-bond donors (Lipinski definition) is 1. The number of sulfonamides is 2. The fourth-order valence-electron chi connectivity index (χ4n) is 3.33. The molecule has 2 aromatic rings. The lowest BCUT2D eigenvalue weighted by atomic mass is 9.95. The summed E-state index contributed by atoms with van der Waals surface area (Å²) in [5, 5.41) is 0. The largest absolute Gasteiger partial charge is 0.465 e. The summed E-state index contributed by atoms with van der Waals surface area (Å²) in [4.78, 5) is 24.0. The number of methoxy groups -OCH3 is 1. The first-order chi connectivity index (χ1) is 14.3. The normalized spacial score (nSPS) is 17.4. The maximum absolute atomic E-state index is 12.8. The Bertz CT molecular complexity index is 1270. The van der Waals surface area contributed by atoms with E-state index >= 15 is 0 Å². The minimum absolute atomic E-state index is 0.0726. The van der Waals surface area contributed by atoms with Gasteiger partial charge in [-0.15, -0.1) is 0 Å². The average Bonchev–Trinajstić information content (AvgIpc) is 2.83. The fourth-order valence-corrected chi connectivity index (χ4v) is 6.71. The number of carbonyl (C=O) groups excluding carboxylic acids is 2. The number of nitrogens with zero attached hydrogens (tertiary/aromatic N) is 1. The van der Waals surface area contributed by atoms with Crippen molar-refractivity contribution < 1.29 is 31.2 Å². The van der Waals surface area contributed by atoms with Crippen molar-refractivity contribution in [2.75, 3.05) is 21.9 Å². The van der Waals surface area contributed by atoms with Gasteiger partial charge in [0.1, 0.15) is 0 Å². The first-order valence-corrected chi connectivity index (χ1v) is 12.3. The van der Waals surface area contributed by atoms with Crippen LogP contribution in [0.4, 0.5) is 11.4 Å². The zero-order valence-electron chi connectivity index (χ0n) is 17.4. The quantitative estimate of drug-likeness (QED) is 0.670. The van der Waals surface area contributed by atoms with Crippen molar-refractivity contribution in [1.82, 2.24) is 0 Å². The lowest BCUT2D eigenvalue weighted by molar-refractivity contribution is -0.123. The molecule has 1 fully saturated rings. The van der Waals surface area contributed by atoms with E-state index in [1.807, 2.05) is 0 Å². The molecule has 1 aliphatic heterocycles. The van der Waals surface area contributed by atoms with Gasteiger partial charge in [0, 0.05) is 5.69 Å². The molecular formula is C20H22N2O7S2. The van der Waals surface area contributed by atoms with Crippen molar-refractivity contribution in [2.24, 2.45) is 5.41 Å². The topological polar surface area (TPSA) is 127 Å². The zero-order chi connectivity index (χ0) is 23.2. The third-order valence-corrected chi connectivity index (χ3v) is 8.39. The van der Waals surface area contributed by atoms with E-state index in [0.717, 1.165) is 4.31 Å². The molecular weight excluding hydrogens is 444 g/mol. The van der Waals surface area contributed by atoms with Crippen LogP contribution in [0.5, 0.6) is 0 Å². The predicted octanol–water partition coefficient (Wildman–Crippen LogP) is 2.29. The van der Waals surface area contributed by atoms with Gasteiger partial charge in [-0.2, -0.15) is 0 Å². The predicted molar refractivity (Wildman–Crippen MR) is 115 cm³/mol. The zero-order valence-corrected chi connectivity index (χ0v) is 19.0. The molecule has 11 heteroatoms. The van der Waals surface area contributed by atoms with E-state index in [9.17, 15) is 26.4 Å². The summed E-state index contributed by atoms with van der Waals surface area (Å²) in [5.74, 6) is -1.43. The molecule has 31 heavy (non-hydrogen) atoms. The SMILES string of the molecule is COC(=O)c1ccc(NS(=O)(=O)c2ccc(N3C(=O)C(C)(C)CS3(=O)=O)cc2C)cc1. The van der Waals surface area contributed by atoms with Gasteiger partial charge in [-0.25, -0.2) is 25.9 Å². The van der Waals surface area contributed by atoms with Crippen molar-refractivity contribution in [3.05, 3.63) is 53.6 Å². The molecule has 1 saturated heterocycles. The minimum atomic E-state index is -4.01. The monoisotopic (exact) mass is 466 g/mol. The molecule has 0 bridgehead atoms. The van der Waals surface area contributed by atoms with E-state index in [1.54, 1.807) is 13.8 Å². The molecule has 0 aliphatic carbocycles. The number of rotatable bonds is 5. The Labute approximate surface area is 181 Å². The lowest BCUT2D eigenvalue weighted by Crippen LogP contribution is -2.33. The maximum Gasteiger partial charge on any atom is 0.337 e. The molecule has 0 unspecified atom stereocenters. The Kier molecular flexibility index (Phi) is 5.61. The van der Waals surface area contributed by atoms with Gasteiger partial charge < -0.3 is 4.74 Å². The van der Waals surface area contributed by atoms with Crippen LogP contribution in [0.25, 0.3) is 0 Å². The molecule has 3 rings (SSSR count). The first kappa shape index (κ1) is 22.8. The Balaban J connectivity index is 1.90. The second-order valence-corrected chi connectivity index (χ2v) is 11.3. The van der Waals surface area contributed by atoms with Crippen molar-refractivity contribution in [3.8, 4) is 0 Å². The van der Waals surface area contributed by atoms with E-state index in [2.05, 4.69) is 9.46 Å². The van der Waals surface area contributed by atoms with Crippen molar-refractivity contribution in [2.45, 2.75) is 25.7 Å². The Morgan fingerprint density at radius 1 is 1.13 bits per heavy atom. The molecule has 0 atom stereocenters. The van der Waals surface area contributed by atoms with Crippen molar-refractivity contribution >= 4 is 43.3 Å². The van der Waals surface area contributed by atoms with Gasteiger partial charge in [-0.3, -0.25) is 9.52 Å². The number of ether oxygens (including phenoxy) is 1. The van der Waals surface area contributed by atoms with Gasteiger partial charge in [0.15, 0.2) is 0 Å². The van der Waals surface area contributed by atoms with E-state index in [1.165, 1.54) is 56.5 Å². The molecule has 2 aromatic carbocycles. The summed E-state index contributed by atoms with van der Waals surface area (Å²) in [5.41, 5.74) is -0.200. The number of carbonyl (C=O) groups is 2. The number of nitrogens with one attached hydrogen (secondary N) is 1. The number of benzene rings is 2. The molecule has 1 N–H and O–H groups in total. The summed E-state index contributed by atoms with van der Waals surface area (Å²) in [6, 6.07) is 9.58. The molecule has 1 heterocycles. The molecule has 166 valence electrons. The highest BCUT2D eigenvalue weighted by Gasteiger charge is 2.50. The number of amides is 1. The second-order valence-electron chi connectivity index (χ2n) is 7.83. The van der Waals surface area contributed by atoms with Crippen LogP contribution in [0.15, 0.2) is 47.4 Å². The molecule has 0 radical (unpaired) electrons. The highest BCUT2D eigenvalue weighted by atomic mass is 32.2. The molecule has 0 aromatic heterocycles. The number of aryl methyl sites for hydroxylation is 1. The van der Waals surface area contributed by atoms with Gasteiger partial charge in [0.05, 0.1) is 34.4 Å². The number of anilines is 2. The fraction of sp³-hybridized carbons (Fsp3) is 0.300. The highest BCUT2D eigenvalue weighted by molar-refractivity contribution is 7.94. The van der Waals surface area contributed by atoms with Gasteiger partial charge in [0.2, 0.25) is 15.9 Å². The Morgan fingerprint density at radius 3 is 2.23 bits per heavy atom. The summed E-state index contributed by atoms with van der Waals surface area (Å²) in [7, 11) is -6.61. The third kappa shape index (κ3) is 4.28. The van der Waals surface area contributed by atoms with Crippen LogP contribution in [0, 0.1) is 12.3 Å². The smallest absolute Gasteiger partial charge is 0.337 e. The summed E-state index contributed by atoms with van der Waals surface area (Å²) >= 11 is 0. The lowest BCUT2D eigenvalue weighted by Gasteiger charge is -2.19. The van der Waals surface area contributed by atoms with Crippen LogP contribution in [0.1, 0.15) is 29.8 Å². The van der Waals surface area contributed by atoms with Gasteiger partial charge in [-0.1, -0.05) is 0 Å². The van der Waals surface area contributed by atoms with E-state index in [4.69, 9.17) is 0 Å². The Hall–Kier alpha value is -2.92. The maximum atomic E-state index is 12.8. The minimum Gasteiger partial charge on any atom is -0.465 e.